The van der Waals surface area contributed by atoms with Crippen LogP contribution in [0.1, 0.15) is 52.7 Å². The molecule has 1 radical (unpaired) electrons. The third-order valence-electron chi connectivity index (χ3n) is 13.1. The van der Waals surface area contributed by atoms with Crippen LogP contribution in [0.5, 0.6) is 0 Å². The number of para-hydroxylation sites is 3. The maximum atomic E-state index is 6.92. The van der Waals surface area contributed by atoms with Crippen LogP contribution in [0.4, 0.5) is 28.4 Å². The first kappa shape index (κ1) is 38.3. The van der Waals surface area contributed by atoms with E-state index in [1.807, 2.05) is 6.07 Å². The lowest BCUT2D eigenvalue weighted by Crippen LogP contribution is -2.36. The summed E-state index contributed by atoms with van der Waals surface area (Å²) in [5.74, 6) is 0. The molecule has 0 spiro atoms. The maximum Gasteiger partial charge on any atom is 0.247 e. The van der Waals surface area contributed by atoms with Crippen molar-refractivity contribution in [2.24, 2.45) is 0 Å². The van der Waals surface area contributed by atoms with Gasteiger partial charge in [0.2, 0.25) is 7.28 Å². The summed E-state index contributed by atoms with van der Waals surface area (Å²) >= 11 is 0. The van der Waals surface area contributed by atoms with Gasteiger partial charge in [-0.15, -0.1) is 0 Å². The number of rotatable bonds is 6. The van der Waals surface area contributed by atoms with Crippen LogP contribution in [-0.2, 0) is 10.8 Å². The molecule has 5 nitrogen and oxygen atoms in total. The normalized spacial score (nSPS) is 12.7. The number of aromatic nitrogens is 1. The van der Waals surface area contributed by atoms with E-state index in [-0.39, 0.29) is 10.8 Å². The van der Waals surface area contributed by atoms with Crippen LogP contribution in [0.2, 0.25) is 0 Å². The number of benzene rings is 8. The Balaban J connectivity index is 1.14. The van der Waals surface area contributed by atoms with Gasteiger partial charge in [0, 0.05) is 66.4 Å². The molecule has 1 aliphatic heterocycles. The van der Waals surface area contributed by atoms with E-state index in [4.69, 9.17) is 8.83 Å². The standard InChI is InChI=1S/C58H47BN3O2/c1-57(2,3)35-21-24-37(25-22-35)60-48-29-26-40(61(38-15-9-7-10-16-38)39-17-11-8-12-18-39)32-44(48)42-27-28-43-45-34-52-46(41-19-13-14-20-50(41)63-52)33-49(45)62-54(43)53(42)59-56-55(62)47-31-36(58(4,5)6)23-30-51(47)64-56/h7-34,60H,1-6H3. The van der Waals surface area contributed by atoms with Crippen LogP contribution < -0.4 is 21.3 Å². The van der Waals surface area contributed by atoms with Crippen molar-refractivity contribution in [3.8, 4) is 16.8 Å². The monoisotopic (exact) mass is 828 g/mol. The van der Waals surface area contributed by atoms with Gasteiger partial charge in [-0.05, 0) is 118 Å². The van der Waals surface area contributed by atoms with E-state index in [1.165, 1.54) is 11.1 Å². The van der Waals surface area contributed by atoms with Gasteiger partial charge in [0.1, 0.15) is 16.7 Å². The molecule has 309 valence electrons. The van der Waals surface area contributed by atoms with Crippen LogP contribution in [-0.4, -0.2) is 11.8 Å². The second-order valence-corrected chi connectivity index (χ2v) is 19.3. The Morgan fingerprint density at radius 1 is 0.484 bits per heavy atom. The zero-order valence-electron chi connectivity index (χ0n) is 37.0. The lowest BCUT2D eigenvalue weighted by molar-refractivity contribution is 0.590. The molecule has 0 aliphatic carbocycles. The molecule has 0 unspecified atom stereocenters. The molecular weight excluding hydrogens is 781 g/mol. The third-order valence-corrected chi connectivity index (χ3v) is 13.1. The largest absolute Gasteiger partial charge is 0.469 e. The summed E-state index contributed by atoms with van der Waals surface area (Å²) in [6.45, 7) is 13.6. The van der Waals surface area contributed by atoms with E-state index in [0.717, 1.165) is 111 Å². The molecule has 6 heteroatoms. The highest BCUT2D eigenvalue weighted by molar-refractivity contribution is 6.73. The fraction of sp³-hybridized carbons (Fsp3) is 0.138. The van der Waals surface area contributed by atoms with Crippen molar-refractivity contribution in [3.63, 3.8) is 0 Å². The van der Waals surface area contributed by atoms with Gasteiger partial charge in [0.25, 0.3) is 0 Å². The number of furan rings is 2. The van der Waals surface area contributed by atoms with E-state index in [9.17, 15) is 0 Å². The van der Waals surface area contributed by atoms with E-state index in [0.29, 0.717) is 0 Å². The average molecular weight is 829 g/mol. The number of nitrogens with zero attached hydrogens (tertiary/aromatic N) is 2. The minimum Gasteiger partial charge on any atom is -0.469 e. The minimum absolute atomic E-state index is 0.0351. The Kier molecular flexibility index (Phi) is 8.39. The van der Waals surface area contributed by atoms with Crippen molar-refractivity contribution >= 4 is 102 Å². The smallest absolute Gasteiger partial charge is 0.247 e. The molecule has 64 heavy (non-hydrogen) atoms. The van der Waals surface area contributed by atoms with E-state index >= 15 is 0 Å². The first-order valence-corrected chi connectivity index (χ1v) is 22.2. The topological polar surface area (TPSA) is 46.5 Å². The number of fused-ring (bicyclic) bond motifs is 10. The predicted molar refractivity (Wildman–Crippen MR) is 270 cm³/mol. The molecule has 12 rings (SSSR count). The molecule has 4 heterocycles. The second-order valence-electron chi connectivity index (χ2n) is 19.3. The van der Waals surface area contributed by atoms with Crippen molar-refractivity contribution in [1.29, 1.82) is 0 Å². The minimum atomic E-state index is -0.0351. The summed E-state index contributed by atoms with van der Waals surface area (Å²) in [5, 5.41) is 9.50. The molecule has 1 N–H and O–H groups in total. The van der Waals surface area contributed by atoms with Gasteiger partial charge in [-0.25, -0.2) is 0 Å². The van der Waals surface area contributed by atoms with Crippen LogP contribution in [0.3, 0.4) is 0 Å². The lowest BCUT2D eigenvalue weighted by atomic mass is 9.62. The average Bonchev–Trinajstić information content (AvgIpc) is 3.96. The highest BCUT2D eigenvalue weighted by atomic mass is 16.3. The van der Waals surface area contributed by atoms with Crippen molar-refractivity contribution in [1.82, 2.24) is 4.57 Å². The molecule has 0 fully saturated rings. The van der Waals surface area contributed by atoms with E-state index in [2.05, 4.69) is 227 Å². The van der Waals surface area contributed by atoms with E-state index < -0.39 is 0 Å². The summed E-state index contributed by atoms with van der Waals surface area (Å²) in [6.07, 6.45) is 0. The summed E-state index contributed by atoms with van der Waals surface area (Å²) in [5.41, 5.74) is 17.9. The number of nitrogens with one attached hydrogen (secondary N) is 1. The highest BCUT2D eigenvalue weighted by Gasteiger charge is 2.32. The third kappa shape index (κ3) is 6.07. The van der Waals surface area contributed by atoms with Gasteiger partial charge in [-0.1, -0.05) is 126 Å². The van der Waals surface area contributed by atoms with Gasteiger partial charge in [-0.3, -0.25) is 0 Å². The highest BCUT2D eigenvalue weighted by Crippen LogP contribution is 2.45. The zero-order valence-corrected chi connectivity index (χ0v) is 37.0. The van der Waals surface area contributed by atoms with Gasteiger partial charge < -0.3 is 23.6 Å². The molecule has 8 aromatic carbocycles. The second kappa shape index (κ2) is 14.0. The molecule has 0 bridgehead atoms. The van der Waals surface area contributed by atoms with Crippen LogP contribution in [0, 0.1) is 0 Å². The van der Waals surface area contributed by atoms with Crippen molar-refractivity contribution < 1.29 is 8.83 Å². The van der Waals surface area contributed by atoms with Crippen molar-refractivity contribution in [2.75, 3.05) is 10.2 Å². The number of hydrogen-bond donors (Lipinski definition) is 1. The Morgan fingerprint density at radius 3 is 1.88 bits per heavy atom. The van der Waals surface area contributed by atoms with Gasteiger partial charge in [-0.2, -0.15) is 0 Å². The summed E-state index contributed by atoms with van der Waals surface area (Å²) in [6, 6.07) is 61.1. The number of hydrogen-bond acceptors (Lipinski definition) is 4. The van der Waals surface area contributed by atoms with E-state index in [1.54, 1.807) is 0 Å². The SMILES string of the molecule is CC(C)(C)c1ccc(Nc2ccc(N(c3ccccc3)c3ccccc3)cc2-c2ccc3c4cc5oc6ccccc6c5cc4n4c3c2[B]c2oc3ccc(C(C)(C)C)cc3c2-4)cc1. The van der Waals surface area contributed by atoms with Crippen LogP contribution in [0.25, 0.3) is 71.5 Å². The lowest BCUT2D eigenvalue weighted by Gasteiger charge is -2.27. The zero-order chi connectivity index (χ0) is 43.5. The molecular formula is C58H47BN3O2. The first-order valence-electron chi connectivity index (χ1n) is 22.2. The Labute approximate surface area is 373 Å². The summed E-state index contributed by atoms with van der Waals surface area (Å²) in [4.78, 5) is 2.33. The molecule has 0 saturated heterocycles. The van der Waals surface area contributed by atoms with Gasteiger partial charge in [0.15, 0.2) is 0 Å². The molecule has 0 amide bonds. The first-order chi connectivity index (χ1) is 31.0. The molecule has 11 aromatic rings. The summed E-state index contributed by atoms with van der Waals surface area (Å²) in [7, 11) is 2.28. The Bertz CT molecular complexity index is 3580. The van der Waals surface area contributed by atoms with Crippen molar-refractivity contribution in [2.45, 2.75) is 52.4 Å². The Morgan fingerprint density at radius 2 is 1.16 bits per heavy atom. The number of anilines is 5. The predicted octanol–water partition coefficient (Wildman–Crippen LogP) is 14.9. The van der Waals surface area contributed by atoms with Crippen LogP contribution >= 0.6 is 0 Å². The maximum absolute atomic E-state index is 6.92. The van der Waals surface area contributed by atoms with Gasteiger partial charge in [0.05, 0.1) is 16.9 Å². The fourth-order valence-electron chi connectivity index (χ4n) is 9.80. The van der Waals surface area contributed by atoms with Crippen LogP contribution in [0.15, 0.2) is 179 Å². The molecule has 0 saturated carbocycles. The molecule has 1 aliphatic rings. The Hall–Kier alpha value is -7.44. The molecule has 0 atom stereocenters. The molecule has 3 aromatic heterocycles. The quantitative estimate of drug-likeness (QED) is 0.170. The fourth-order valence-corrected chi connectivity index (χ4v) is 9.80. The van der Waals surface area contributed by atoms with Gasteiger partial charge >= 0.3 is 0 Å². The van der Waals surface area contributed by atoms with Crippen molar-refractivity contribution in [3.05, 3.63) is 181 Å². The summed E-state index contributed by atoms with van der Waals surface area (Å²) < 4.78 is 15.9.